The number of nitrogens with one attached hydrogen (secondary N) is 1. The fraction of sp³-hybridized carbons (Fsp3) is 0.467. The van der Waals surface area contributed by atoms with Crippen molar-refractivity contribution in [2.75, 3.05) is 7.05 Å². The summed E-state index contributed by atoms with van der Waals surface area (Å²) in [7, 11) is 2.01. The summed E-state index contributed by atoms with van der Waals surface area (Å²) < 4.78 is 1.93. The van der Waals surface area contributed by atoms with Gasteiger partial charge in [0.1, 0.15) is 0 Å². The van der Waals surface area contributed by atoms with E-state index in [9.17, 15) is 0 Å². The van der Waals surface area contributed by atoms with Gasteiger partial charge in [-0.15, -0.1) is 5.10 Å². The first-order valence-corrected chi connectivity index (χ1v) is 6.95. The largest absolute Gasteiger partial charge is 0.311 e. The summed E-state index contributed by atoms with van der Waals surface area (Å²) in [6, 6.07) is 10.4. The lowest BCUT2D eigenvalue weighted by Crippen LogP contribution is -2.27. The maximum Gasteiger partial charge on any atom is 0.0817 e. The lowest BCUT2D eigenvalue weighted by molar-refractivity contribution is 0.348. The minimum atomic E-state index is 0.283. The van der Waals surface area contributed by atoms with Crippen LogP contribution >= 0.6 is 0 Å². The molecule has 0 radical (unpaired) electrons. The molecule has 1 aromatic heterocycles. The van der Waals surface area contributed by atoms with Crippen LogP contribution in [-0.2, 0) is 0 Å². The van der Waals surface area contributed by atoms with E-state index in [2.05, 4.69) is 41.6 Å². The summed E-state index contributed by atoms with van der Waals surface area (Å²) >= 11 is 0. The summed E-state index contributed by atoms with van der Waals surface area (Å²) in [6.07, 6.45) is 4.15. The van der Waals surface area contributed by atoms with Crippen LogP contribution in [0.4, 0.5) is 0 Å². The Morgan fingerprint density at radius 1 is 1.16 bits per heavy atom. The van der Waals surface area contributed by atoms with Crippen molar-refractivity contribution in [3.8, 4) is 5.69 Å². The number of aromatic nitrogens is 3. The van der Waals surface area contributed by atoms with Crippen LogP contribution in [0.5, 0.6) is 0 Å². The second-order valence-electron chi connectivity index (χ2n) is 4.75. The van der Waals surface area contributed by atoms with E-state index in [4.69, 9.17) is 0 Å². The molecule has 1 unspecified atom stereocenters. The van der Waals surface area contributed by atoms with Crippen LogP contribution in [0, 0.1) is 5.92 Å². The minimum Gasteiger partial charge on any atom is -0.311 e. The third kappa shape index (κ3) is 2.84. The zero-order chi connectivity index (χ0) is 13.7. The molecule has 0 saturated heterocycles. The second-order valence-corrected chi connectivity index (χ2v) is 4.75. The number of para-hydroxylation sites is 1. The van der Waals surface area contributed by atoms with Gasteiger partial charge in [0.2, 0.25) is 0 Å². The Bertz CT molecular complexity index is 488. The minimum absolute atomic E-state index is 0.283. The Morgan fingerprint density at radius 2 is 1.84 bits per heavy atom. The molecule has 1 atom stereocenters. The van der Waals surface area contributed by atoms with E-state index < -0.39 is 0 Å². The van der Waals surface area contributed by atoms with Gasteiger partial charge in [-0.05, 0) is 25.1 Å². The standard InChI is InChI=1S/C15H22N4/c1-4-12(5-2)15(16-3)14-11-17-18-19(14)13-9-7-6-8-10-13/h6-12,15-16H,4-5H2,1-3H3. The molecule has 0 bridgehead atoms. The van der Waals surface area contributed by atoms with Crippen molar-refractivity contribution in [3.05, 3.63) is 42.2 Å². The monoisotopic (exact) mass is 258 g/mol. The van der Waals surface area contributed by atoms with E-state index in [-0.39, 0.29) is 6.04 Å². The highest BCUT2D eigenvalue weighted by atomic mass is 15.4. The van der Waals surface area contributed by atoms with Gasteiger partial charge in [0.25, 0.3) is 0 Å². The van der Waals surface area contributed by atoms with Crippen molar-refractivity contribution in [1.82, 2.24) is 20.3 Å². The van der Waals surface area contributed by atoms with Crippen molar-refractivity contribution < 1.29 is 0 Å². The van der Waals surface area contributed by atoms with Crippen LogP contribution in [0.3, 0.4) is 0 Å². The molecule has 19 heavy (non-hydrogen) atoms. The predicted molar refractivity (Wildman–Crippen MR) is 77.2 cm³/mol. The highest BCUT2D eigenvalue weighted by Gasteiger charge is 2.23. The van der Waals surface area contributed by atoms with Crippen LogP contribution in [0.15, 0.2) is 36.5 Å². The molecule has 0 aliphatic carbocycles. The first-order chi connectivity index (χ1) is 9.31. The Balaban J connectivity index is 2.38. The van der Waals surface area contributed by atoms with Crippen LogP contribution in [-0.4, -0.2) is 22.0 Å². The molecule has 4 nitrogen and oxygen atoms in total. The lowest BCUT2D eigenvalue weighted by Gasteiger charge is -2.25. The highest BCUT2D eigenvalue weighted by Crippen LogP contribution is 2.27. The van der Waals surface area contributed by atoms with Crippen LogP contribution in [0.1, 0.15) is 38.4 Å². The molecule has 2 rings (SSSR count). The first-order valence-electron chi connectivity index (χ1n) is 6.95. The van der Waals surface area contributed by atoms with E-state index in [1.54, 1.807) is 0 Å². The topological polar surface area (TPSA) is 42.7 Å². The van der Waals surface area contributed by atoms with E-state index in [0.29, 0.717) is 5.92 Å². The van der Waals surface area contributed by atoms with E-state index in [0.717, 1.165) is 24.2 Å². The number of rotatable bonds is 6. The molecule has 4 heteroatoms. The van der Waals surface area contributed by atoms with Crippen molar-refractivity contribution in [1.29, 1.82) is 0 Å². The number of benzene rings is 1. The van der Waals surface area contributed by atoms with Gasteiger partial charge in [-0.1, -0.05) is 50.1 Å². The molecule has 0 saturated carbocycles. The smallest absolute Gasteiger partial charge is 0.0817 e. The van der Waals surface area contributed by atoms with Crippen molar-refractivity contribution >= 4 is 0 Å². The molecule has 0 aliphatic heterocycles. The number of hydrogen-bond donors (Lipinski definition) is 1. The fourth-order valence-corrected chi connectivity index (χ4v) is 2.61. The molecule has 1 aromatic carbocycles. The highest BCUT2D eigenvalue weighted by molar-refractivity contribution is 5.32. The molecule has 0 aliphatic rings. The normalized spacial score (nSPS) is 12.8. The average Bonchev–Trinajstić information content (AvgIpc) is 2.94. The lowest BCUT2D eigenvalue weighted by atomic mass is 9.92. The van der Waals surface area contributed by atoms with Gasteiger partial charge in [-0.25, -0.2) is 4.68 Å². The summed E-state index contributed by atoms with van der Waals surface area (Å²) in [5.41, 5.74) is 2.18. The van der Waals surface area contributed by atoms with Gasteiger partial charge in [-0.3, -0.25) is 0 Å². The Morgan fingerprint density at radius 3 is 2.42 bits per heavy atom. The molecular weight excluding hydrogens is 236 g/mol. The van der Waals surface area contributed by atoms with Crippen LogP contribution in [0.25, 0.3) is 5.69 Å². The zero-order valence-electron chi connectivity index (χ0n) is 11.9. The third-order valence-electron chi connectivity index (χ3n) is 3.73. The number of nitrogens with zero attached hydrogens (tertiary/aromatic N) is 3. The summed E-state index contributed by atoms with van der Waals surface area (Å²) in [6.45, 7) is 4.46. The quantitative estimate of drug-likeness (QED) is 0.866. The summed E-state index contributed by atoms with van der Waals surface area (Å²) in [5.74, 6) is 0.589. The van der Waals surface area contributed by atoms with E-state index in [1.165, 1.54) is 0 Å². The maximum atomic E-state index is 4.23. The Hall–Kier alpha value is -1.68. The number of hydrogen-bond acceptors (Lipinski definition) is 3. The first kappa shape index (κ1) is 13.7. The van der Waals surface area contributed by atoms with Crippen LogP contribution in [0.2, 0.25) is 0 Å². The molecular formula is C15H22N4. The predicted octanol–water partition coefficient (Wildman–Crippen LogP) is 2.96. The van der Waals surface area contributed by atoms with Gasteiger partial charge in [0.15, 0.2) is 0 Å². The van der Waals surface area contributed by atoms with Crippen LogP contribution < -0.4 is 5.32 Å². The maximum absolute atomic E-state index is 4.23. The Labute approximate surface area is 114 Å². The zero-order valence-corrected chi connectivity index (χ0v) is 11.9. The van der Waals surface area contributed by atoms with Gasteiger partial charge in [0.05, 0.1) is 23.6 Å². The van der Waals surface area contributed by atoms with Gasteiger partial charge < -0.3 is 5.32 Å². The fourth-order valence-electron chi connectivity index (χ4n) is 2.61. The van der Waals surface area contributed by atoms with Crippen molar-refractivity contribution in [2.45, 2.75) is 32.7 Å². The molecule has 0 fully saturated rings. The molecule has 1 heterocycles. The molecule has 2 aromatic rings. The van der Waals surface area contributed by atoms with Gasteiger partial charge >= 0.3 is 0 Å². The SMILES string of the molecule is CCC(CC)C(NC)c1cnnn1-c1ccccc1. The third-order valence-corrected chi connectivity index (χ3v) is 3.73. The van der Waals surface area contributed by atoms with Gasteiger partial charge in [0, 0.05) is 0 Å². The summed E-state index contributed by atoms with van der Waals surface area (Å²) in [5, 5.41) is 11.7. The molecule has 1 N–H and O–H groups in total. The van der Waals surface area contributed by atoms with Crippen molar-refractivity contribution in [3.63, 3.8) is 0 Å². The van der Waals surface area contributed by atoms with Gasteiger partial charge in [-0.2, -0.15) is 0 Å². The summed E-state index contributed by atoms with van der Waals surface area (Å²) in [4.78, 5) is 0. The van der Waals surface area contributed by atoms with Crippen molar-refractivity contribution in [2.24, 2.45) is 5.92 Å². The molecule has 0 spiro atoms. The average molecular weight is 258 g/mol. The molecule has 102 valence electrons. The molecule has 0 amide bonds. The second kappa shape index (κ2) is 6.48. The Kier molecular flexibility index (Phi) is 4.68. The van der Waals surface area contributed by atoms with E-state index in [1.807, 2.05) is 36.1 Å². The van der Waals surface area contributed by atoms with E-state index >= 15 is 0 Å².